The highest BCUT2D eigenvalue weighted by Crippen LogP contribution is 2.34. The van der Waals surface area contributed by atoms with Crippen molar-refractivity contribution in [3.63, 3.8) is 0 Å². The zero-order chi connectivity index (χ0) is 15.7. The molecule has 2 aliphatic carbocycles. The second-order valence-corrected chi connectivity index (χ2v) is 8.35. The molecule has 0 radical (unpaired) electrons. The predicted molar refractivity (Wildman–Crippen MR) is 89.9 cm³/mol. The lowest BCUT2D eigenvalue weighted by molar-refractivity contribution is 0.265. The van der Waals surface area contributed by atoms with Crippen LogP contribution in [0, 0.1) is 5.92 Å². The van der Waals surface area contributed by atoms with Crippen molar-refractivity contribution < 1.29 is 8.42 Å². The van der Waals surface area contributed by atoms with Crippen molar-refractivity contribution in [1.82, 2.24) is 9.62 Å². The molecule has 0 saturated heterocycles. The molecule has 0 aliphatic heterocycles. The molecule has 0 spiro atoms. The SMILES string of the molecule is CN(C)C(CNS(=O)(=O)C1=Cc2ccccc2CC1)C1CC1. The minimum Gasteiger partial charge on any atom is -0.305 e. The van der Waals surface area contributed by atoms with Crippen LogP contribution in [0.3, 0.4) is 0 Å². The number of rotatable bonds is 6. The van der Waals surface area contributed by atoms with Gasteiger partial charge in [0.25, 0.3) is 0 Å². The van der Waals surface area contributed by atoms with E-state index in [-0.39, 0.29) is 0 Å². The van der Waals surface area contributed by atoms with Crippen molar-refractivity contribution in [3.05, 3.63) is 40.3 Å². The van der Waals surface area contributed by atoms with E-state index in [9.17, 15) is 8.42 Å². The Labute approximate surface area is 133 Å². The monoisotopic (exact) mass is 320 g/mol. The summed E-state index contributed by atoms with van der Waals surface area (Å²) < 4.78 is 28.0. The quantitative estimate of drug-likeness (QED) is 0.874. The molecular formula is C17H24N2O2S. The standard InChI is InChI=1S/C17H24N2O2S/c1-19(2)17(14-7-8-14)12-18-22(20,21)16-10-9-13-5-3-4-6-15(13)11-16/h3-6,11,14,17-18H,7-10,12H2,1-2H3. The third-order valence-corrected chi connectivity index (χ3v) is 6.23. The molecule has 0 amide bonds. The van der Waals surface area contributed by atoms with Gasteiger partial charge in [0.2, 0.25) is 10.0 Å². The largest absolute Gasteiger partial charge is 0.305 e. The molecule has 22 heavy (non-hydrogen) atoms. The van der Waals surface area contributed by atoms with Crippen molar-refractivity contribution in [1.29, 1.82) is 0 Å². The van der Waals surface area contributed by atoms with Gasteiger partial charge in [-0.1, -0.05) is 24.3 Å². The van der Waals surface area contributed by atoms with Crippen LogP contribution >= 0.6 is 0 Å². The van der Waals surface area contributed by atoms with Gasteiger partial charge in [0.05, 0.1) is 4.91 Å². The number of nitrogens with one attached hydrogen (secondary N) is 1. The second kappa shape index (κ2) is 6.14. The van der Waals surface area contributed by atoms with Crippen LogP contribution in [0.25, 0.3) is 6.08 Å². The molecule has 4 nitrogen and oxygen atoms in total. The molecule has 120 valence electrons. The first-order valence-corrected chi connectivity index (χ1v) is 9.40. The lowest BCUT2D eigenvalue weighted by atomic mass is 9.98. The van der Waals surface area contributed by atoms with Gasteiger partial charge in [0.1, 0.15) is 0 Å². The minimum atomic E-state index is -3.38. The first-order chi connectivity index (χ1) is 10.5. The molecule has 0 heterocycles. The number of hydrogen-bond donors (Lipinski definition) is 1. The van der Waals surface area contributed by atoms with Crippen molar-refractivity contribution in [2.45, 2.75) is 31.7 Å². The number of allylic oxidation sites excluding steroid dienone is 1. The third kappa shape index (κ3) is 3.42. The highest BCUT2D eigenvalue weighted by atomic mass is 32.2. The van der Waals surface area contributed by atoms with Gasteiger partial charge in [-0.2, -0.15) is 0 Å². The Bertz CT molecular complexity index is 674. The number of fused-ring (bicyclic) bond motifs is 1. The van der Waals surface area contributed by atoms with Gasteiger partial charge in [0, 0.05) is 12.6 Å². The zero-order valence-electron chi connectivity index (χ0n) is 13.2. The number of likely N-dealkylation sites (N-methyl/N-ethyl adjacent to an activating group) is 1. The summed E-state index contributed by atoms with van der Waals surface area (Å²) in [5, 5.41) is 0. The molecule has 1 saturated carbocycles. The van der Waals surface area contributed by atoms with E-state index in [1.807, 2.05) is 38.4 Å². The Morgan fingerprint density at radius 1 is 1.23 bits per heavy atom. The summed E-state index contributed by atoms with van der Waals surface area (Å²) in [5.74, 6) is 0.638. The van der Waals surface area contributed by atoms with Crippen LogP contribution in [0.2, 0.25) is 0 Å². The van der Waals surface area contributed by atoms with E-state index in [0.717, 1.165) is 12.0 Å². The summed E-state index contributed by atoms with van der Waals surface area (Å²) in [4.78, 5) is 2.64. The predicted octanol–water partition coefficient (Wildman–Crippen LogP) is 2.23. The van der Waals surface area contributed by atoms with Crippen LogP contribution in [0.5, 0.6) is 0 Å². The molecule has 3 rings (SSSR count). The Morgan fingerprint density at radius 2 is 1.95 bits per heavy atom. The van der Waals surface area contributed by atoms with Crippen molar-refractivity contribution >= 4 is 16.1 Å². The maximum Gasteiger partial charge on any atom is 0.236 e. The van der Waals surface area contributed by atoms with Crippen LogP contribution in [0.15, 0.2) is 29.2 Å². The molecule has 1 aromatic carbocycles. The third-order valence-electron chi connectivity index (χ3n) is 4.67. The first kappa shape index (κ1) is 15.7. The molecule has 1 N–H and O–H groups in total. The molecule has 1 aromatic rings. The smallest absolute Gasteiger partial charge is 0.236 e. The zero-order valence-corrected chi connectivity index (χ0v) is 14.1. The molecule has 1 unspecified atom stereocenters. The van der Waals surface area contributed by atoms with E-state index in [4.69, 9.17) is 0 Å². The lowest BCUT2D eigenvalue weighted by Gasteiger charge is -2.25. The van der Waals surface area contributed by atoms with Crippen LogP contribution in [0.4, 0.5) is 0 Å². The van der Waals surface area contributed by atoms with Gasteiger partial charge < -0.3 is 4.90 Å². The fourth-order valence-corrected chi connectivity index (χ4v) is 4.39. The summed E-state index contributed by atoms with van der Waals surface area (Å²) in [7, 11) is 0.667. The van der Waals surface area contributed by atoms with E-state index in [2.05, 4.69) is 15.7 Å². The molecule has 1 fully saturated rings. The van der Waals surface area contributed by atoms with Crippen LogP contribution in [-0.2, 0) is 16.4 Å². The van der Waals surface area contributed by atoms with E-state index in [1.54, 1.807) is 0 Å². The molecule has 0 aromatic heterocycles. The van der Waals surface area contributed by atoms with Crippen molar-refractivity contribution in [3.8, 4) is 0 Å². The average molecular weight is 320 g/mol. The van der Waals surface area contributed by atoms with Crippen LogP contribution < -0.4 is 4.72 Å². The van der Waals surface area contributed by atoms with Gasteiger partial charge in [-0.3, -0.25) is 0 Å². The normalized spacial score (nSPS) is 19.7. The van der Waals surface area contributed by atoms with E-state index < -0.39 is 10.0 Å². The van der Waals surface area contributed by atoms with Crippen molar-refractivity contribution in [2.24, 2.45) is 5.92 Å². The summed E-state index contributed by atoms with van der Waals surface area (Å²) in [5.41, 5.74) is 2.26. The maximum atomic E-state index is 12.6. The number of nitrogens with zero attached hydrogens (tertiary/aromatic N) is 1. The highest BCUT2D eigenvalue weighted by Gasteiger charge is 2.33. The highest BCUT2D eigenvalue weighted by molar-refractivity contribution is 7.93. The maximum absolute atomic E-state index is 12.6. The molecular weight excluding hydrogens is 296 g/mol. The fourth-order valence-electron chi connectivity index (χ4n) is 3.16. The average Bonchev–Trinajstić information content (AvgIpc) is 3.31. The van der Waals surface area contributed by atoms with Gasteiger partial charge in [-0.15, -0.1) is 0 Å². The Balaban J connectivity index is 1.72. The molecule has 0 bridgehead atoms. The summed E-state index contributed by atoms with van der Waals surface area (Å²) >= 11 is 0. The summed E-state index contributed by atoms with van der Waals surface area (Å²) in [6, 6.07) is 8.30. The number of sulfonamides is 1. The van der Waals surface area contributed by atoms with E-state index >= 15 is 0 Å². The first-order valence-electron chi connectivity index (χ1n) is 7.92. The number of aryl methyl sites for hydroxylation is 1. The van der Waals surface area contributed by atoms with Crippen LogP contribution in [0.1, 0.15) is 30.4 Å². The Morgan fingerprint density at radius 3 is 2.64 bits per heavy atom. The molecule has 2 aliphatic rings. The second-order valence-electron chi connectivity index (χ2n) is 6.53. The molecule has 1 atom stereocenters. The summed E-state index contributed by atoms with van der Waals surface area (Å²) in [6.45, 7) is 0.499. The van der Waals surface area contributed by atoms with Crippen molar-refractivity contribution in [2.75, 3.05) is 20.6 Å². The van der Waals surface area contributed by atoms with Gasteiger partial charge in [-0.25, -0.2) is 13.1 Å². The fraction of sp³-hybridized carbons (Fsp3) is 0.529. The number of hydrogen-bond acceptors (Lipinski definition) is 3. The molecule has 5 heteroatoms. The van der Waals surface area contributed by atoms with E-state index in [0.29, 0.717) is 29.8 Å². The van der Waals surface area contributed by atoms with Crippen LogP contribution in [-0.4, -0.2) is 40.0 Å². The Hall–Kier alpha value is -1.17. The summed E-state index contributed by atoms with van der Waals surface area (Å²) in [6.07, 6.45) is 5.62. The number of benzene rings is 1. The van der Waals surface area contributed by atoms with Gasteiger partial charge in [0.15, 0.2) is 0 Å². The lowest BCUT2D eigenvalue weighted by Crippen LogP contribution is -2.42. The topological polar surface area (TPSA) is 49.4 Å². The van der Waals surface area contributed by atoms with Gasteiger partial charge in [-0.05, 0) is 62.9 Å². The van der Waals surface area contributed by atoms with E-state index in [1.165, 1.54) is 18.4 Å². The minimum absolute atomic E-state index is 0.297. The van der Waals surface area contributed by atoms with Gasteiger partial charge >= 0.3 is 0 Å². The Kier molecular flexibility index (Phi) is 4.39.